The monoisotopic (exact) mass is 199 g/mol. The summed E-state index contributed by atoms with van der Waals surface area (Å²) in [5.74, 6) is 0.768. The van der Waals surface area contributed by atoms with Crippen LogP contribution in [0.25, 0.3) is 0 Å². The first kappa shape index (κ1) is 10.5. The largest absolute Gasteiger partial charge is 0.0905 e. The first-order valence-electron chi connectivity index (χ1n) is 5.70. The van der Waals surface area contributed by atoms with Gasteiger partial charge >= 0.3 is 0 Å². The Morgan fingerprint density at radius 2 is 1.93 bits per heavy atom. The molecular formula is C15H19. The molecule has 1 radical (unpaired) electrons. The normalized spacial score (nSPS) is 16.5. The van der Waals surface area contributed by atoms with Crippen LogP contribution in [0, 0.1) is 6.08 Å². The van der Waals surface area contributed by atoms with Gasteiger partial charge in [-0.2, -0.15) is 0 Å². The van der Waals surface area contributed by atoms with Crippen molar-refractivity contribution in [1.29, 1.82) is 0 Å². The van der Waals surface area contributed by atoms with Crippen molar-refractivity contribution in [2.45, 2.75) is 44.9 Å². The van der Waals surface area contributed by atoms with Crippen molar-refractivity contribution in [2.75, 3.05) is 0 Å². The molecule has 0 amide bonds. The van der Waals surface area contributed by atoms with E-state index in [1.807, 2.05) is 0 Å². The van der Waals surface area contributed by atoms with E-state index < -0.39 is 0 Å². The number of hydrogen-bond donors (Lipinski definition) is 0. The highest BCUT2D eigenvalue weighted by Gasteiger charge is 2.31. The molecule has 0 saturated heterocycles. The summed E-state index contributed by atoms with van der Waals surface area (Å²) in [4.78, 5) is 0. The molecular weight excluding hydrogens is 180 g/mol. The molecule has 0 aromatic heterocycles. The molecule has 0 atom stereocenters. The minimum Gasteiger partial charge on any atom is -0.0905 e. The molecule has 1 saturated carbocycles. The van der Waals surface area contributed by atoms with Crippen molar-refractivity contribution < 1.29 is 0 Å². The molecule has 0 nitrogen and oxygen atoms in total. The molecule has 0 aliphatic heterocycles. The van der Waals surface area contributed by atoms with Crippen LogP contribution in [-0.2, 0) is 5.41 Å². The van der Waals surface area contributed by atoms with Crippen molar-refractivity contribution in [3.05, 3.63) is 47.5 Å². The number of rotatable bonds is 2. The molecule has 2 rings (SSSR count). The lowest BCUT2D eigenvalue weighted by atomic mass is 9.80. The van der Waals surface area contributed by atoms with E-state index in [1.165, 1.54) is 29.5 Å². The summed E-state index contributed by atoms with van der Waals surface area (Å²) in [5, 5.41) is 0. The number of hydrogen-bond acceptors (Lipinski definition) is 0. The van der Waals surface area contributed by atoms with Gasteiger partial charge in [0, 0.05) is 0 Å². The molecule has 1 fully saturated rings. The number of benzene rings is 1. The molecule has 0 N–H and O–H groups in total. The second-order valence-electron chi connectivity index (χ2n) is 5.47. The summed E-state index contributed by atoms with van der Waals surface area (Å²) in [7, 11) is 0. The van der Waals surface area contributed by atoms with Crippen LogP contribution in [0.2, 0.25) is 0 Å². The molecule has 0 unspecified atom stereocenters. The maximum Gasteiger partial charge on any atom is -0.0129 e. The summed E-state index contributed by atoms with van der Waals surface area (Å²) < 4.78 is 0. The van der Waals surface area contributed by atoms with Crippen molar-refractivity contribution >= 4 is 0 Å². The zero-order valence-corrected chi connectivity index (χ0v) is 9.93. The van der Waals surface area contributed by atoms with Gasteiger partial charge in [0.25, 0.3) is 0 Å². The van der Waals surface area contributed by atoms with Crippen LogP contribution >= 0.6 is 0 Å². The topological polar surface area (TPSA) is 0 Å². The van der Waals surface area contributed by atoms with Crippen LogP contribution in [0.5, 0.6) is 0 Å². The van der Waals surface area contributed by atoms with Crippen molar-refractivity contribution in [2.24, 2.45) is 0 Å². The smallest absolute Gasteiger partial charge is 0.0129 e. The van der Waals surface area contributed by atoms with Crippen LogP contribution in [0.15, 0.2) is 24.8 Å². The Kier molecular flexibility index (Phi) is 2.46. The molecule has 0 heteroatoms. The third kappa shape index (κ3) is 1.99. The van der Waals surface area contributed by atoms with Gasteiger partial charge in [-0.3, -0.25) is 0 Å². The van der Waals surface area contributed by atoms with Crippen LogP contribution in [0.3, 0.4) is 0 Å². The van der Waals surface area contributed by atoms with Crippen LogP contribution in [0.1, 0.15) is 56.2 Å². The highest BCUT2D eigenvalue weighted by molar-refractivity contribution is 5.46. The predicted octanol–water partition coefficient (Wildman–Crippen LogP) is 4.20. The molecule has 1 aromatic rings. The predicted molar refractivity (Wildman–Crippen MR) is 65.1 cm³/mol. The second kappa shape index (κ2) is 3.52. The van der Waals surface area contributed by atoms with E-state index in [1.54, 1.807) is 0 Å². The Balaban J connectivity index is 2.58. The van der Waals surface area contributed by atoms with Crippen molar-refractivity contribution in [3.63, 3.8) is 0 Å². The Morgan fingerprint density at radius 1 is 1.27 bits per heavy atom. The van der Waals surface area contributed by atoms with Crippen LogP contribution in [-0.4, -0.2) is 0 Å². The quantitative estimate of drug-likeness (QED) is 0.669. The van der Waals surface area contributed by atoms with Gasteiger partial charge in [-0.15, -0.1) is 0 Å². The maximum absolute atomic E-state index is 3.80. The highest BCUT2D eigenvalue weighted by atomic mass is 14.3. The lowest BCUT2D eigenvalue weighted by molar-refractivity contribution is 0.582. The van der Waals surface area contributed by atoms with Crippen molar-refractivity contribution in [1.82, 2.24) is 0 Å². The van der Waals surface area contributed by atoms with E-state index in [-0.39, 0.29) is 5.41 Å². The van der Waals surface area contributed by atoms with E-state index in [4.69, 9.17) is 0 Å². The van der Waals surface area contributed by atoms with E-state index in [2.05, 4.69) is 51.6 Å². The molecule has 0 bridgehead atoms. The lowest BCUT2D eigenvalue weighted by Crippen LogP contribution is -2.14. The van der Waals surface area contributed by atoms with E-state index >= 15 is 0 Å². The van der Waals surface area contributed by atoms with Gasteiger partial charge in [-0.05, 0) is 46.9 Å². The van der Waals surface area contributed by atoms with Gasteiger partial charge in [-0.25, -0.2) is 0 Å². The first-order valence-corrected chi connectivity index (χ1v) is 5.70. The molecule has 0 spiro atoms. The fourth-order valence-electron chi connectivity index (χ4n) is 2.19. The summed E-state index contributed by atoms with van der Waals surface area (Å²) >= 11 is 0. The first-order chi connectivity index (χ1) is 7.04. The third-order valence-corrected chi connectivity index (χ3v) is 3.09. The van der Waals surface area contributed by atoms with Gasteiger partial charge in [0.1, 0.15) is 0 Å². The molecule has 1 aliphatic rings. The van der Waals surface area contributed by atoms with Crippen LogP contribution < -0.4 is 0 Å². The van der Waals surface area contributed by atoms with E-state index in [9.17, 15) is 0 Å². The van der Waals surface area contributed by atoms with Gasteiger partial charge in [0.05, 0.1) is 0 Å². The lowest BCUT2D eigenvalue weighted by Gasteiger charge is -2.24. The maximum atomic E-state index is 3.80. The Bertz CT molecular complexity index is 376. The average Bonchev–Trinajstić information content (AvgIpc) is 2.98. The van der Waals surface area contributed by atoms with Gasteiger partial charge in [-0.1, -0.05) is 45.5 Å². The highest BCUT2D eigenvalue weighted by Crippen LogP contribution is 2.45. The summed E-state index contributed by atoms with van der Waals surface area (Å²) in [5.41, 5.74) is 4.41. The summed E-state index contributed by atoms with van der Waals surface area (Å²) in [6.45, 7) is 10.6. The average molecular weight is 199 g/mol. The second-order valence-corrected chi connectivity index (χ2v) is 5.47. The van der Waals surface area contributed by atoms with Gasteiger partial charge in [0.15, 0.2) is 0 Å². The van der Waals surface area contributed by atoms with Crippen molar-refractivity contribution in [3.8, 4) is 0 Å². The summed E-state index contributed by atoms with van der Waals surface area (Å²) in [6, 6.07) is 6.52. The Morgan fingerprint density at radius 3 is 2.40 bits per heavy atom. The molecule has 1 aromatic carbocycles. The SMILES string of the molecule is C=[C]c1cccc(C(C)(C)C)c1C1CC1. The fourth-order valence-corrected chi connectivity index (χ4v) is 2.19. The molecule has 1 aliphatic carbocycles. The minimum atomic E-state index is 0.227. The van der Waals surface area contributed by atoms with E-state index in [0.717, 1.165) is 5.92 Å². The fraction of sp³-hybridized carbons (Fsp3) is 0.467. The van der Waals surface area contributed by atoms with E-state index in [0.29, 0.717) is 0 Å². The molecule has 15 heavy (non-hydrogen) atoms. The standard InChI is InChI=1S/C15H19/c1-5-11-7-6-8-13(15(2,3)4)14(11)12-9-10-12/h6-8,12H,1,9-10H2,2-4H3. The zero-order valence-electron chi connectivity index (χ0n) is 9.93. The van der Waals surface area contributed by atoms with Gasteiger partial charge in [0.2, 0.25) is 0 Å². The third-order valence-electron chi connectivity index (χ3n) is 3.09. The Hall–Kier alpha value is -1.04. The van der Waals surface area contributed by atoms with Crippen LogP contribution in [0.4, 0.5) is 0 Å². The minimum absolute atomic E-state index is 0.227. The van der Waals surface area contributed by atoms with Gasteiger partial charge < -0.3 is 0 Å². The summed E-state index contributed by atoms with van der Waals surface area (Å²) in [6.07, 6.45) is 5.75. The zero-order chi connectivity index (χ0) is 11.1. The molecule has 79 valence electrons. The Labute approximate surface area is 93.0 Å². The molecule has 0 heterocycles.